The van der Waals surface area contributed by atoms with E-state index in [4.69, 9.17) is 28.3 Å². The molecule has 1 aromatic heterocycles. The van der Waals surface area contributed by atoms with Crippen LogP contribution in [0.25, 0.3) is 0 Å². The minimum absolute atomic E-state index is 0.0289. The van der Waals surface area contributed by atoms with Gasteiger partial charge in [-0.1, -0.05) is 29.3 Å². The molecular weight excluding hydrogens is 471 g/mol. The van der Waals surface area contributed by atoms with Crippen molar-refractivity contribution in [2.45, 2.75) is 19.4 Å². The van der Waals surface area contributed by atoms with Gasteiger partial charge in [0.1, 0.15) is 5.41 Å². The number of carbonyl (C=O) groups excluding carboxylic acids is 1. The van der Waals surface area contributed by atoms with Crippen molar-refractivity contribution in [3.63, 3.8) is 0 Å². The van der Waals surface area contributed by atoms with Gasteiger partial charge in [-0.25, -0.2) is 9.97 Å². The van der Waals surface area contributed by atoms with Gasteiger partial charge in [0.05, 0.1) is 17.4 Å². The molecule has 3 aliphatic heterocycles. The van der Waals surface area contributed by atoms with Gasteiger partial charge < -0.3 is 9.80 Å². The van der Waals surface area contributed by atoms with E-state index < -0.39 is 5.41 Å². The number of anilines is 3. The molecule has 4 heterocycles. The van der Waals surface area contributed by atoms with Crippen LogP contribution in [0.5, 0.6) is 0 Å². The Labute approximate surface area is 207 Å². The lowest BCUT2D eigenvalue weighted by Crippen LogP contribution is -2.67. The molecule has 172 valence electrons. The van der Waals surface area contributed by atoms with Gasteiger partial charge in [-0.15, -0.1) is 0 Å². The molecule has 0 saturated carbocycles. The lowest BCUT2D eigenvalue weighted by molar-refractivity contribution is -0.125. The summed E-state index contributed by atoms with van der Waals surface area (Å²) in [6.45, 7) is 4.03. The molecule has 3 aliphatic rings. The van der Waals surface area contributed by atoms with Gasteiger partial charge in [0.15, 0.2) is 0 Å². The lowest BCUT2D eigenvalue weighted by Gasteiger charge is -2.53. The van der Waals surface area contributed by atoms with Crippen LogP contribution in [0.4, 0.5) is 17.3 Å². The molecule has 0 bridgehead atoms. The summed E-state index contributed by atoms with van der Waals surface area (Å²) in [7, 11) is 0. The number of halogens is 2. The molecule has 3 aromatic rings. The Morgan fingerprint density at radius 1 is 1.00 bits per heavy atom. The third-order valence-corrected chi connectivity index (χ3v) is 7.64. The van der Waals surface area contributed by atoms with Crippen LogP contribution < -0.4 is 14.8 Å². The summed E-state index contributed by atoms with van der Waals surface area (Å²) in [6, 6.07) is 14.8. The molecule has 1 spiro atoms. The van der Waals surface area contributed by atoms with E-state index in [1.807, 2.05) is 37.3 Å². The van der Waals surface area contributed by atoms with Crippen LogP contribution in [-0.2, 0) is 11.2 Å². The quantitative estimate of drug-likeness (QED) is 0.528. The summed E-state index contributed by atoms with van der Waals surface area (Å²) in [6.07, 6.45) is 4.05. The molecule has 0 aliphatic carbocycles. The van der Waals surface area contributed by atoms with E-state index in [2.05, 4.69) is 19.8 Å². The van der Waals surface area contributed by atoms with Crippen LogP contribution in [0.1, 0.15) is 12.5 Å². The number of hydrogen-bond donors (Lipinski definition) is 0. The highest BCUT2D eigenvalue weighted by molar-refractivity contribution is 6.31. The Kier molecular flexibility index (Phi) is 5.00. The normalized spacial score (nSPS) is 23.7. The van der Waals surface area contributed by atoms with Crippen LogP contribution in [-0.4, -0.2) is 47.3 Å². The average Bonchev–Trinajstić information content (AvgIpc) is 3.11. The molecule has 34 heavy (non-hydrogen) atoms. The van der Waals surface area contributed by atoms with Crippen LogP contribution in [0.2, 0.25) is 10.0 Å². The van der Waals surface area contributed by atoms with E-state index >= 15 is 0 Å². The molecule has 2 atom stereocenters. The van der Waals surface area contributed by atoms with Crippen LogP contribution in [0.15, 0.2) is 66.0 Å². The van der Waals surface area contributed by atoms with Crippen molar-refractivity contribution in [2.24, 2.45) is 10.5 Å². The molecule has 2 aromatic carbocycles. The maximum atomic E-state index is 14.2. The average molecular weight is 493 g/mol. The van der Waals surface area contributed by atoms with E-state index in [1.54, 1.807) is 30.6 Å². The first-order chi connectivity index (χ1) is 16.5. The lowest BCUT2D eigenvalue weighted by atomic mass is 9.67. The Hall–Kier alpha value is -3.16. The number of rotatable bonds is 2. The van der Waals surface area contributed by atoms with Gasteiger partial charge in [0.25, 0.3) is 5.91 Å². The predicted molar refractivity (Wildman–Crippen MR) is 135 cm³/mol. The van der Waals surface area contributed by atoms with Gasteiger partial charge in [0.2, 0.25) is 5.95 Å². The summed E-state index contributed by atoms with van der Waals surface area (Å²) in [5.74, 6) is 0.641. The molecular formula is C25H22Cl2N6O. The number of benzene rings is 2. The number of carbonyl (C=O) groups is 1. The van der Waals surface area contributed by atoms with Crippen molar-refractivity contribution in [1.82, 2.24) is 9.97 Å². The van der Waals surface area contributed by atoms with Gasteiger partial charge in [-0.3, -0.25) is 4.79 Å². The molecule has 9 heteroatoms. The van der Waals surface area contributed by atoms with E-state index in [9.17, 15) is 4.79 Å². The van der Waals surface area contributed by atoms with E-state index in [0.29, 0.717) is 34.6 Å². The first-order valence-corrected chi connectivity index (χ1v) is 12.0. The van der Waals surface area contributed by atoms with E-state index in [1.165, 1.54) is 5.01 Å². The van der Waals surface area contributed by atoms with E-state index in [-0.39, 0.29) is 11.9 Å². The van der Waals surface area contributed by atoms with Gasteiger partial charge in [0, 0.05) is 47.8 Å². The predicted octanol–water partition coefficient (Wildman–Crippen LogP) is 4.44. The smallest absolute Gasteiger partial charge is 0.261 e. The Morgan fingerprint density at radius 3 is 2.50 bits per heavy atom. The van der Waals surface area contributed by atoms with Gasteiger partial charge >= 0.3 is 0 Å². The number of hydrazone groups is 1. The number of hydrogen-bond acceptors (Lipinski definition) is 6. The first-order valence-electron chi connectivity index (χ1n) is 11.2. The zero-order chi connectivity index (χ0) is 23.4. The summed E-state index contributed by atoms with van der Waals surface area (Å²) in [5, 5.41) is 7.62. The van der Waals surface area contributed by atoms with Gasteiger partial charge in [-0.05, 0) is 61.4 Å². The topological polar surface area (TPSA) is 64.9 Å². The maximum absolute atomic E-state index is 14.2. The van der Waals surface area contributed by atoms with Crippen molar-refractivity contribution in [3.8, 4) is 0 Å². The van der Waals surface area contributed by atoms with Crippen molar-refractivity contribution < 1.29 is 4.79 Å². The number of nitrogens with zero attached hydrogens (tertiary/aromatic N) is 6. The fraction of sp³-hybridized carbons (Fsp3) is 0.280. The molecule has 1 fully saturated rings. The molecule has 0 N–H and O–H groups in total. The standard InChI is InChI=1S/C25H22Cl2N6O/c1-16-25(23(34)33(30-16)20-7-5-18(26)6-8-20)14-17-3-4-19(27)13-21(17)32-12-11-31(15-22(25)32)24-28-9-2-10-29-24/h2-10,13,22H,11-12,14-15H2,1H3/t22-,25-/m0/s1. The summed E-state index contributed by atoms with van der Waals surface area (Å²) < 4.78 is 0. The number of aromatic nitrogens is 2. The van der Waals surface area contributed by atoms with Crippen molar-refractivity contribution >= 4 is 52.1 Å². The summed E-state index contributed by atoms with van der Waals surface area (Å²) >= 11 is 12.5. The summed E-state index contributed by atoms with van der Waals surface area (Å²) in [4.78, 5) is 27.6. The Balaban J connectivity index is 1.46. The second-order valence-corrected chi connectivity index (χ2v) is 9.78. The molecule has 0 radical (unpaired) electrons. The number of piperazine rings is 1. The SMILES string of the molecule is CC1=NN(c2ccc(Cl)cc2)C(=O)[C@@]12Cc1ccc(Cl)cc1N1CCN(c3ncccn3)C[C@H]12. The first kappa shape index (κ1) is 21.4. The van der Waals surface area contributed by atoms with E-state index in [0.717, 1.165) is 30.1 Å². The zero-order valence-corrected chi connectivity index (χ0v) is 20.0. The minimum Gasteiger partial charge on any atom is -0.363 e. The molecule has 0 unspecified atom stereocenters. The fourth-order valence-electron chi connectivity index (χ4n) is 5.47. The maximum Gasteiger partial charge on any atom is 0.261 e. The Morgan fingerprint density at radius 2 is 1.74 bits per heavy atom. The Bertz CT molecular complexity index is 1300. The molecule has 6 rings (SSSR count). The second kappa shape index (κ2) is 7.96. The minimum atomic E-state index is -0.812. The van der Waals surface area contributed by atoms with Crippen LogP contribution >= 0.6 is 23.2 Å². The second-order valence-electron chi connectivity index (χ2n) is 8.90. The highest BCUT2D eigenvalue weighted by Gasteiger charge is 2.60. The molecule has 1 saturated heterocycles. The largest absolute Gasteiger partial charge is 0.363 e. The highest BCUT2D eigenvalue weighted by atomic mass is 35.5. The van der Waals surface area contributed by atoms with Crippen molar-refractivity contribution in [3.05, 3.63) is 76.5 Å². The van der Waals surface area contributed by atoms with Crippen LogP contribution in [0, 0.1) is 5.41 Å². The zero-order valence-electron chi connectivity index (χ0n) is 18.5. The highest BCUT2D eigenvalue weighted by Crippen LogP contribution is 2.49. The van der Waals surface area contributed by atoms with Crippen molar-refractivity contribution in [1.29, 1.82) is 0 Å². The molecule has 7 nitrogen and oxygen atoms in total. The molecule has 1 amide bonds. The third kappa shape index (κ3) is 3.18. The summed E-state index contributed by atoms with van der Waals surface area (Å²) in [5.41, 5.74) is 2.89. The third-order valence-electron chi connectivity index (χ3n) is 7.15. The number of amides is 1. The monoisotopic (exact) mass is 492 g/mol. The number of fused-ring (bicyclic) bond motifs is 4. The van der Waals surface area contributed by atoms with Gasteiger partial charge in [-0.2, -0.15) is 10.1 Å². The van der Waals surface area contributed by atoms with Crippen molar-refractivity contribution in [2.75, 3.05) is 34.4 Å². The fourth-order valence-corrected chi connectivity index (χ4v) is 5.77. The van der Waals surface area contributed by atoms with Crippen LogP contribution in [0.3, 0.4) is 0 Å².